The summed E-state index contributed by atoms with van der Waals surface area (Å²) in [5.74, 6) is 1.86. The summed E-state index contributed by atoms with van der Waals surface area (Å²) < 4.78 is 0. The third kappa shape index (κ3) is 3.63. The van der Waals surface area contributed by atoms with Gasteiger partial charge in [0.25, 0.3) is 0 Å². The van der Waals surface area contributed by atoms with Crippen LogP contribution >= 0.6 is 0 Å². The maximum atomic E-state index is 13.4. The van der Waals surface area contributed by atoms with E-state index in [9.17, 15) is 9.59 Å². The van der Waals surface area contributed by atoms with Crippen molar-refractivity contribution in [1.29, 1.82) is 0 Å². The first-order chi connectivity index (χ1) is 17.9. The third-order valence-electron chi connectivity index (χ3n) is 7.02. The Morgan fingerprint density at radius 3 is 1.47 bits per heavy atom. The van der Waals surface area contributed by atoms with E-state index in [0.29, 0.717) is 11.1 Å². The van der Waals surface area contributed by atoms with E-state index in [0.717, 1.165) is 39.3 Å². The van der Waals surface area contributed by atoms with Gasteiger partial charge in [-0.3, -0.25) is 9.59 Å². The van der Waals surface area contributed by atoms with Gasteiger partial charge in [-0.1, -0.05) is 36.4 Å². The number of Topliss-reactive ketones (excluding diaryl/α,β-unsaturated/α-hetero) is 2. The molecule has 0 unspecified atom stereocenters. The number of allylic oxidation sites excluding steroid dienone is 3. The molecule has 0 saturated heterocycles. The van der Waals surface area contributed by atoms with Crippen LogP contribution in [-0.2, 0) is 0 Å². The third-order valence-corrected chi connectivity index (χ3v) is 7.02. The molecule has 4 aromatic rings. The molecule has 6 nitrogen and oxygen atoms in total. The van der Waals surface area contributed by atoms with Gasteiger partial charge >= 0.3 is 0 Å². The lowest BCUT2D eigenvalue weighted by Crippen LogP contribution is -2.47. The van der Waals surface area contributed by atoms with Gasteiger partial charge in [-0.15, -0.1) is 0 Å². The Morgan fingerprint density at radius 1 is 0.632 bits per heavy atom. The van der Waals surface area contributed by atoms with Crippen molar-refractivity contribution in [3.05, 3.63) is 95.3 Å². The Morgan fingerprint density at radius 2 is 1.05 bits per heavy atom. The van der Waals surface area contributed by atoms with E-state index >= 15 is 0 Å². The number of nitrogens with zero attached hydrogens (tertiary/aromatic N) is 4. The number of rotatable bonds is 1. The van der Waals surface area contributed by atoms with Crippen molar-refractivity contribution in [2.24, 2.45) is 0 Å². The Balaban J connectivity index is 1.53. The van der Waals surface area contributed by atoms with Crippen LogP contribution in [0.15, 0.2) is 84.2 Å². The zero-order valence-electron chi connectivity index (χ0n) is 22.5. The van der Waals surface area contributed by atoms with Crippen LogP contribution in [0.1, 0.15) is 62.3 Å². The number of anilines is 2. The molecule has 38 heavy (non-hydrogen) atoms. The molecule has 3 aromatic carbocycles. The minimum atomic E-state index is -0.347. The van der Waals surface area contributed by atoms with Crippen LogP contribution in [-0.4, -0.2) is 32.6 Å². The topological polar surface area (TPSA) is 66.4 Å². The second kappa shape index (κ2) is 8.09. The van der Waals surface area contributed by atoms with Crippen LogP contribution in [0, 0.1) is 0 Å². The molecule has 0 fully saturated rings. The summed E-state index contributed by atoms with van der Waals surface area (Å²) in [5.41, 5.74) is 2.04. The van der Waals surface area contributed by atoms with Crippen molar-refractivity contribution in [2.75, 3.05) is 9.80 Å². The second-order valence-electron chi connectivity index (χ2n) is 11.9. The van der Waals surface area contributed by atoms with Gasteiger partial charge in [-0.05, 0) is 88.7 Å². The molecule has 0 radical (unpaired) electrons. The number of aromatic nitrogens is 2. The quantitative estimate of drug-likeness (QED) is 0.209. The fourth-order valence-corrected chi connectivity index (χ4v) is 5.39. The summed E-state index contributed by atoms with van der Waals surface area (Å²) in [6, 6.07) is 19.3. The first-order valence-electron chi connectivity index (χ1n) is 12.9. The summed E-state index contributed by atoms with van der Waals surface area (Å²) in [4.78, 5) is 41.2. The molecule has 0 N–H and O–H groups in total. The van der Waals surface area contributed by atoms with E-state index in [1.165, 1.54) is 0 Å². The van der Waals surface area contributed by atoms with Gasteiger partial charge in [0, 0.05) is 22.2 Å². The zero-order valence-corrected chi connectivity index (χ0v) is 22.5. The minimum absolute atomic E-state index is 0.174. The number of carbonyl (C=O) groups excluding carboxylic acids is 2. The zero-order chi connectivity index (χ0) is 27.0. The highest BCUT2D eigenvalue weighted by molar-refractivity contribution is 6.40. The Kier molecular flexibility index (Phi) is 5.12. The first kappa shape index (κ1) is 24.0. The molecule has 6 rings (SSSR count). The Labute approximate surface area is 222 Å². The molecule has 0 bridgehead atoms. The summed E-state index contributed by atoms with van der Waals surface area (Å²) in [6.07, 6.45) is 3.55. The van der Waals surface area contributed by atoms with Crippen molar-refractivity contribution < 1.29 is 9.59 Å². The van der Waals surface area contributed by atoms with Gasteiger partial charge in [0.2, 0.25) is 0 Å². The van der Waals surface area contributed by atoms with Gasteiger partial charge in [-0.25, -0.2) is 9.97 Å². The highest BCUT2D eigenvalue weighted by Crippen LogP contribution is 2.47. The Hall–Kier alpha value is -4.32. The van der Waals surface area contributed by atoms with E-state index in [1.807, 2.05) is 66.7 Å². The number of fused-ring (bicyclic) bond motifs is 4. The van der Waals surface area contributed by atoms with E-state index in [-0.39, 0.29) is 28.2 Å². The molecule has 1 aliphatic heterocycles. The van der Waals surface area contributed by atoms with Crippen molar-refractivity contribution in [1.82, 2.24) is 9.97 Å². The molecular weight excluding hydrogens is 472 g/mol. The lowest BCUT2D eigenvalue weighted by molar-refractivity contribution is 0.0989. The molecule has 1 aliphatic carbocycles. The number of hydrogen-bond acceptors (Lipinski definition) is 6. The number of benzene rings is 3. The van der Waals surface area contributed by atoms with Crippen molar-refractivity contribution in [3.63, 3.8) is 0 Å². The van der Waals surface area contributed by atoms with Gasteiger partial charge in [0.05, 0.1) is 16.6 Å². The van der Waals surface area contributed by atoms with E-state index in [1.54, 1.807) is 6.08 Å². The van der Waals surface area contributed by atoms with E-state index in [2.05, 4.69) is 51.3 Å². The monoisotopic (exact) mass is 502 g/mol. The predicted molar refractivity (Wildman–Crippen MR) is 153 cm³/mol. The summed E-state index contributed by atoms with van der Waals surface area (Å²) >= 11 is 0. The van der Waals surface area contributed by atoms with Crippen LogP contribution < -0.4 is 9.80 Å². The highest BCUT2D eigenvalue weighted by Gasteiger charge is 2.44. The molecule has 2 heterocycles. The van der Waals surface area contributed by atoms with Gasteiger partial charge in [0.15, 0.2) is 23.2 Å². The predicted octanol–water partition coefficient (Wildman–Crippen LogP) is 6.85. The SMILES string of the molecule is CC(C)(C)N1C(=CC=C2C(=O)c3cc4ccccc4cc3C2=O)N(C(C)(C)C)c2nc3ccccc3nc21. The second-order valence-corrected chi connectivity index (χ2v) is 11.9. The van der Waals surface area contributed by atoms with Crippen LogP contribution in [0.5, 0.6) is 0 Å². The largest absolute Gasteiger partial charge is 0.304 e. The van der Waals surface area contributed by atoms with Crippen molar-refractivity contribution in [3.8, 4) is 0 Å². The molecule has 0 saturated carbocycles. The fraction of sp³-hybridized carbons (Fsp3) is 0.250. The number of ketones is 2. The van der Waals surface area contributed by atoms with Crippen molar-refractivity contribution >= 4 is 45.0 Å². The van der Waals surface area contributed by atoms with Gasteiger partial charge < -0.3 is 9.80 Å². The normalized spacial score (nSPS) is 15.5. The molecule has 6 heteroatoms. The lowest BCUT2D eigenvalue weighted by atomic mass is 10.0. The lowest BCUT2D eigenvalue weighted by Gasteiger charge is -2.39. The number of carbonyl (C=O) groups is 2. The Bertz CT molecular complexity index is 1620. The van der Waals surface area contributed by atoms with E-state index in [4.69, 9.17) is 9.97 Å². The maximum Gasteiger partial charge on any atom is 0.197 e. The molecule has 0 spiro atoms. The van der Waals surface area contributed by atoms with Gasteiger partial charge in [-0.2, -0.15) is 0 Å². The first-order valence-corrected chi connectivity index (χ1v) is 12.9. The standard InChI is InChI=1S/C32H30N4O2/c1-31(2,3)35-26(36(32(4,5)6)30-29(35)33-24-13-9-10-14-25(24)34-30)16-15-21-27(37)22-17-19-11-7-8-12-20(19)18-23(22)28(21)38/h7-18H,1-6H3. The molecular formula is C32H30N4O2. The smallest absolute Gasteiger partial charge is 0.197 e. The molecule has 2 aliphatic rings. The molecule has 1 aromatic heterocycles. The summed E-state index contributed by atoms with van der Waals surface area (Å²) in [6.45, 7) is 12.7. The minimum Gasteiger partial charge on any atom is -0.304 e. The summed E-state index contributed by atoms with van der Waals surface area (Å²) in [5, 5.41) is 1.89. The van der Waals surface area contributed by atoms with Crippen LogP contribution in [0.2, 0.25) is 0 Å². The average Bonchev–Trinajstić information content (AvgIpc) is 3.30. The molecule has 190 valence electrons. The molecule has 0 atom stereocenters. The number of para-hydroxylation sites is 2. The van der Waals surface area contributed by atoms with E-state index < -0.39 is 0 Å². The van der Waals surface area contributed by atoms with Gasteiger partial charge in [0.1, 0.15) is 5.82 Å². The van der Waals surface area contributed by atoms with Crippen LogP contribution in [0.3, 0.4) is 0 Å². The number of hydrogen-bond donors (Lipinski definition) is 0. The maximum absolute atomic E-state index is 13.4. The summed E-state index contributed by atoms with van der Waals surface area (Å²) in [7, 11) is 0. The van der Waals surface area contributed by atoms with Crippen LogP contribution in [0.25, 0.3) is 21.8 Å². The van der Waals surface area contributed by atoms with Crippen LogP contribution in [0.4, 0.5) is 11.6 Å². The average molecular weight is 503 g/mol. The fourth-order valence-electron chi connectivity index (χ4n) is 5.39. The highest BCUT2D eigenvalue weighted by atomic mass is 16.2. The molecule has 0 amide bonds. The van der Waals surface area contributed by atoms with Crippen molar-refractivity contribution in [2.45, 2.75) is 52.6 Å².